The fourth-order valence-electron chi connectivity index (χ4n) is 6.17. The molecule has 7 atom stereocenters. The smallest absolute Gasteiger partial charge is 0.204 e. The van der Waals surface area contributed by atoms with Crippen LogP contribution >= 0.6 is 0 Å². The zero-order valence-electron chi connectivity index (χ0n) is 10.2. The summed E-state index contributed by atoms with van der Waals surface area (Å²) in [6.07, 6.45) is 1.27. The van der Waals surface area contributed by atoms with E-state index in [1.54, 1.807) is 0 Å². The Morgan fingerprint density at radius 1 is 0.833 bits per heavy atom. The molecule has 0 radical (unpaired) electrons. The molecule has 4 saturated carbocycles. The molecule has 0 amide bonds. The first-order valence-electron chi connectivity index (χ1n) is 7.16. The second-order valence-electron chi connectivity index (χ2n) is 6.96. The van der Waals surface area contributed by atoms with Gasteiger partial charge in [0.2, 0.25) is 0 Å². The summed E-state index contributed by atoms with van der Waals surface area (Å²) in [6.45, 7) is 0. The Hall–Kier alpha value is -0.280. The lowest BCUT2D eigenvalue weighted by Crippen LogP contribution is -2.44. The monoisotopic (exact) mass is 262 g/mol. The zero-order chi connectivity index (χ0) is 12.7. The highest BCUT2D eigenvalue weighted by Gasteiger charge is 2.67. The third-order valence-electron chi connectivity index (χ3n) is 6.52. The van der Waals surface area contributed by atoms with Gasteiger partial charge in [0.25, 0.3) is 0 Å². The summed E-state index contributed by atoms with van der Waals surface area (Å²) < 4.78 is 52.5. The molecule has 0 N–H and O–H groups in total. The fourth-order valence-corrected chi connectivity index (χ4v) is 6.17. The summed E-state index contributed by atoms with van der Waals surface area (Å²) in [4.78, 5) is 0. The van der Waals surface area contributed by atoms with Crippen molar-refractivity contribution >= 4 is 0 Å². The van der Waals surface area contributed by atoms with Crippen LogP contribution in [0.4, 0.5) is 17.6 Å². The van der Waals surface area contributed by atoms with E-state index in [9.17, 15) is 17.6 Å². The van der Waals surface area contributed by atoms with E-state index < -0.39 is 18.3 Å². The first kappa shape index (κ1) is 11.5. The Bertz CT molecular complexity index is 367. The van der Waals surface area contributed by atoms with E-state index in [2.05, 4.69) is 0 Å². The van der Waals surface area contributed by atoms with Gasteiger partial charge in [-0.05, 0) is 67.6 Å². The van der Waals surface area contributed by atoms with Crippen molar-refractivity contribution in [3.05, 3.63) is 0 Å². The minimum Gasteiger partial charge on any atom is -0.204 e. The number of halogens is 4. The lowest BCUT2D eigenvalue weighted by atomic mass is 9.66. The standard InChI is InChI=1S/C14H18F4/c15-13(16)14(17,18)10-5-8-4-9(10)12-7-2-1-6(3-7)11(8)12/h6-13H,1-5H2. The summed E-state index contributed by atoms with van der Waals surface area (Å²) in [5, 5.41) is 0. The summed E-state index contributed by atoms with van der Waals surface area (Å²) in [7, 11) is 0. The van der Waals surface area contributed by atoms with Crippen molar-refractivity contribution in [2.45, 2.75) is 44.5 Å². The van der Waals surface area contributed by atoms with Crippen LogP contribution in [0, 0.1) is 41.4 Å². The number of rotatable bonds is 2. The average molecular weight is 262 g/mol. The topological polar surface area (TPSA) is 0 Å². The SMILES string of the molecule is FC(F)C(F)(F)C1CC2CC1C1C3CCC(C3)C21. The lowest BCUT2D eigenvalue weighted by molar-refractivity contribution is -0.185. The fraction of sp³-hybridized carbons (Fsp3) is 1.00. The van der Waals surface area contributed by atoms with E-state index in [0.29, 0.717) is 30.1 Å². The second-order valence-corrected chi connectivity index (χ2v) is 6.96. The molecule has 0 heterocycles. The van der Waals surface area contributed by atoms with Crippen LogP contribution in [0.15, 0.2) is 0 Å². The quantitative estimate of drug-likeness (QED) is 0.516. The van der Waals surface area contributed by atoms with Crippen molar-refractivity contribution in [1.29, 1.82) is 0 Å². The molecule has 0 aromatic carbocycles. The number of hydrogen-bond donors (Lipinski definition) is 0. The van der Waals surface area contributed by atoms with Crippen molar-refractivity contribution in [2.24, 2.45) is 41.4 Å². The van der Waals surface area contributed by atoms with E-state index in [0.717, 1.165) is 18.8 Å². The Kier molecular flexibility index (Phi) is 2.20. The van der Waals surface area contributed by atoms with Crippen molar-refractivity contribution in [2.75, 3.05) is 0 Å². The van der Waals surface area contributed by atoms with Crippen molar-refractivity contribution < 1.29 is 17.6 Å². The molecule has 4 aliphatic carbocycles. The van der Waals surface area contributed by atoms with Gasteiger partial charge >= 0.3 is 12.3 Å². The molecule has 0 aromatic heterocycles. The number of fused-ring (bicyclic) bond motifs is 9. The van der Waals surface area contributed by atoms with Crippen LogP contribution < -0.4 is 0 Å². The molecule has 0 aromatic rings. The number of hydrogen-bond acceptors (Lipinski definition) is 0. The summed E-state index contributed by atoms with van der Waals surface area (Å²) in [5.41, 5.74) is 0. The molecule has 18 heavy (non-hydrogen) atoms. The first-order valence-corrected chi connectivity index (χ1v) is 7.16. The third kappa shape index (κ3) is 1.23. The van der Waals surface area contributed by atoms with E-state index in [4.69, 9.17) is 0 Å². The van der Waals surface area contributed by atoms with E-state index in [-0.39, 0.29) is 5.92 Å². The molecule has 0 nitrogen and oxygen atoms in total. The third-order valence-corrected chi connectivity index (χ3v) is 6.52. The summed E-state index contributed by atoms with van der Waals surface area (Å²) >= 11 is 0. The molecule has 4 fully saturated rings. The van der Waals surface area contributed by atoms with Gasteiger partial charge < -0.3 is 0 Å². The van der Waals surface area contributed by atoms with Gasteiger partial charge in [0, 0.05) is 5.92 Å². The molecule has 4 aliphatic rings. The lowest BCUT2D eigenvalue weighted by Gasteiger charge is -2.41. The van der Waals surface area contributed by atoms with Gasteiger partial charge in [0.05, 0.1) is 0 Å². The van der Waals surface area contributed by atoms with Crippen LogP contribution in [0.5, 0.6) is 0 Å². The maximum absolute atomic E-state index is 13.7. The van der Waals surface area contributed by atoms with Gasteiger partial charge in [-0.3, -0.25) is 0 Å². The van der Waals surface area contributed by atoms with Gasteiger partial charge in [0.15, 0.2) is 0 Å². The Labute approximate surface area is 104 Å². The predicted octanol–water partition coefficient (Wildman–Crippen LogP) is 4.21. The molecular formula is C14H18F4. The Balaban J connectivity index is 1.62. The van der Waals surface area contributed by atoms with E-state index in [1.165, 1.54) is 12.8 Å². The van der Waals surface area contributed by atoms with E-state index >= 15 is 0 Å². The minimum absolute atomic E-state index is 0.112. The van der Waals surface area contributed by atoms with Crippen LogP contribution in [0.3, 0.4) is 0 Å². The van der Waals surface area contributed by atoms with Crippen LogP contribution in [0.1, 0.15) is 32.1 Å². The van der Waals surface area contributed by atoms with Crippen molar-refractivity contribution in [3.63, 3.8) is 0 Å². The van der Waals surface area contributed by atoms with Gasteiger partial charge in [-0.25, -0.2) is 8.78 Å². The molecule has 102 valence electrons. The van der Waals surface area contributed by atoms with Gasteiger partial charge in [-0.2, -0.15) is 8.78 Å². The minimum atomic E-state index is -3.76. The van der Waals surface area contributed by atoms with Crippen LogP contribution in [-0.2, 0) is 0 Å². The Morgan fingerprint density at radius 2 is 1.50 bits per heavy atom. The first-order chi connectivity index (χ1) is 8.50. The van der Waals surface area contributed by atoms with E-state index in [1.807, 2.05) is 0 Å². The maximum atomic E-state index is 13.7. The maximum Gasteiger partial charge on any atom is 0.310 e. The van der Waals surface area contributed by atoms with Crippen LogP contribution in [0.2, 0.25) is 0 Å². The molecule has 7 unspecified atom stereocenters. The van der Waals surface area contributed by atoms with Crippen molar-refractivity contribution in [1.82, 2.24) is 0 Å². The summed E-state index contributed by atoms with van der Waals surface area (Å²) in [6, 6.07) is 0. The van der Waals surface area contributed by atoms with Gasteiger partial charge in [-0.15, -0.1) is 0 Å². The largest absolute Gasteiger partial charge is 0.310 e. The molecule has 0 saturated heterocycles. The highest BCUT2D eigenvalue weighted by atomic mass is 19.3. The molecule has 4 rings (SSSR count). The van der Waals surface area contributed by atoms with Crippen molar-refractivity contribution in [3.8, 4) is 0 Å². The highest BCUT2D eigenvalue weighted by Crippen LogP contribution is 2.70. The normalized spacial score (nSPS) is 53.5. The number of alkyl halides is 4. The molecule has 0 aliphatic heterocycles. The molecular weight excluding hydrogens is 244 g/mol. The zero-order valence-corrected chi connectivity index (χ0v) is 10.2. The Morgan fingerprint density at radius 3 is 2.17 bits per heavy atom. The second kappa shape index (κ2) is 3.43. The summed E-state index contributed by atoms with van der Waals surface area (Å²) in [5.74, 6) is -2.31. The van der Waals surface area contributed by atoms with Gasteiger partial charge in [-0.1, -0.05) is 0 Å². The highest BCUT2D eigenvalue weighted by molar-refractivity contribution is 5.12. The molecule has 4 bridgehead atoms. The van der Waals surface area contributed by atoms with Gasteiger partial charge in [0.1, 0.15) is 0 Å². The molecule has 4 heteroatoms. The average Bonchev–Trinajstić information content (AvgIpc) is 3.06. The van der Waals surface area contributed by atoms with Crippen LogP contribution in [0.25, 0.3) is 0 Å². The molecule has 0 spiro atoms. The predicted molar refractivity (Wildman–Crippen MR) is 58.5 cm³/mol. The van der Waals surface area contributed by atoms with Crippen LogP contribution in [-0.4, -0.2) is 12.3 Å².